The number of ether oxygens (including phenoxy) is 2. The molecule has 176 valence electrons. The summed E-state index contributed by atoms with van der Waals surface area (Å²) in [5.41, 5.74) is 1.89. The average Bonchev–Trinajstić information content (AvgIpc) is 2.86. The van der Waals surface area contributed by atoms with Gasteiger partial charge in [-0.3, -0.25) is 9.10 Å². The first-order valence-electron chi connectivity index (χ1n) is 10.6. The van der Waals surface area contributed by atoms with Gasteiger partial charge in [0.05, 0.1) is 18.4 Å². The van der Waals surface area contributed by atoms with E-state index in [-0.39, 0.29) is 16.2 Å². The van der Waals surface area contributed by atoms with Crippen LogP contribution in [0, 0.1) is 0 Å². The third kappa shape index (κ3) is 4.78. The van der Waals surface area contributed by atoms with E-state index >= 15 is 0 Å². The maximum absolute atomic E-state index is 13.6. The van der Waals surface area contributed by atoms with Crippen LogP contribution >= 0.6 is 11.6 Å². The number of hydrogen-bond acceptors (Lipinski definition) is 6. The Kier molecular flexibility index (Phi) is 6.90. The number of Topliss-reactive ketones (excluding diaryl/α,β-unsaturated/α-hetero) is 1. The van der Waals surface area contributed by atoms with E-state index < -0.39 is 28.4 Å². The van der Waals surface area contributed by atoms with Crippen LogP contribution in [0.4, 0.5) is 5.69 Å². The van der Waals surface area contributed by atoms with Crippen LogP contribution in [0.15, 0.2) is 71.6 Å². The van der Waals surface area contributed by atoms with Crippen LogP contribution in [0.5, 0.6) is 5.75 Å². The third-order valence-electron chi connectivity index (χ3n) is 5.54. The summed E-state index contributed by atoms with van der Waals surface area (Å²) in [7, 11) is -2.67. The molecule has 0 saturated carbocycles. The first-order chi connectivity index (χ1) is 16.3. The maximum atomic E-state index is 13.6. The maximum Gasteiger partial charge on any atom is 0.338 e. The number of methoxy groups -OCH3 is 1. The number of ketones is 1. The highest BCUT2D eigenvalue weighted by atomic mass is 35.5. The number of nitrogens with zero attached hydrogens (tertiary/aromatic N) is 1. The highest BCUT2D eigenvalue weighted by Crippen LogP contribution is 2.35. The topological polar surface area (TPSA) is 90.0 Å². The fraction of sp³-hybridized carbons (Fsp3) is 0.200. The molecule has 0 spiro atoms. The van der Waals surface area contributed by atoms with Gasteiger partial charge in [-0.2, -0.15) is 0 Å². The van der Waals surface area contributed by atoms with Crippen LogP contribution < -0.4 is 9.04 Å². The van der Waals surface area contributed by atoms with Gasteiger partial charge < -0.3 is 9.47 Å². The van der Waals surface area contributed by atoms with E-state index in [2.05, 4.69) is 0 Å². The average molecular weight is 500 g/mol. The monoisotopic (exact) mass is 499 g/mol. The van der Waals surface area contributed by atoms with Crippen molar-refractivity contribution in [1.29, 1.82) is 0 Å². The number of carbonyl (C=O) groups excluding carboxylic acids is 2. The SMILES string of the molecule is COc1ccc(C(=O)OCC(=O)c2ccc(Cl)cc2)cc1S(=O)(=O)N1CCCc2ccccc21. The number of halogens is 1. The van der Waals surface area contributed by atoms with E-state index in [0.29, 0.717) is 29.2 Å². The van der Waals surface area contributed by atoms with Gasteiger partial charge in [0, 0.05) is 17.1 Å². The lowest BCUT2D eigenvalue weighted by atomic mass is 10.0. The molecular formula is C25H22ClNO6S. The van der Waals surface area contributed by atoms with Crippen LogP contribution in [0.3, 0.4) is 0 Å². The molecule has 3 aromatic rings. The van der Waals surface area contributed by atoms with Gasteiger partial charge in [0.25, 0.3) is 10.0 Å². The zero-order valence-electron chi connectivity index (χ0n) is 18.4. The lowest BCUT2D eigenvalue weighted by Crippen LogP contribution is -2.35. The second kappa shape index (κ2) is 9.87. The van der Waals surface area contributed by atoms with E-state index in [0.717, 1.165) is 12.0 Å². The lowest BCUT2D eigenvalue weighted by molar-refractivity contribution is 0.0474. The Bertz CT molecular complexity index is 1340. The summed E-state index contributed by atoms with van der Waals surface area (Å²) in [6.45, 7) is -0.180. The summed E-state index contributed by atoms with van der Waals surface area (Å²) >= 11 is 5.82. The molecule has 0 unspecified atom stereocenters. The van der Waals surface area contributed by atoms with Crippen molar-refractivity contribution in [3.8, 4) is 5.75 Å². The number of aryl methyl sites for hydroxylation is 1. The van der Waals surface area contributed by atoms with Crippen molar-refractivity contribution in [1.82, 2.24) is 0 Å². The Morgan fingerprint density at radius 1 is 1.00 bits per heavy atom. The van der Waals surface area contributed by atoms with Crippen LogP contribution in [-0.4, -0.2) is 40.4 Å². The van der Waals surface area contributed by atoms with Gasteiger partial charge in [0.1, 0.15) is 10.6 Å². The molecule has 1 aliphatic rings. The summed E-state index contributed by atoms with van der Waals surface area (Å²) in [6, 6.07) is 17.6. The van der Waals surface area contributed by atoms with Crippen LogP contribution in [0.2, 0.25) is 5.02 Å². The highest BCUT2D eigenvalue weighted by Gasteiger charge is 2.32. The minimum Gasteiger partial charge on any atom is -0.495 e. The minimum atomic E-state index is -4.03. The van der Waals surface area contributed by atoms with Crippen molar-refractivity contribution in [3.05, 3.63) is 88.4 Å². The summed E-state index contributed by atoms with van der Waals surface area (Å²) < 4.78 is 39.0. The molecule has 9 heteroatoms. The number of benzene rings is 3. The molecule has 34 heavy (non-hydrogen) atoms. The van der Waals surface area contributed by atoms with Crippen molar-refractivity contribution in [2.75, 3.05) is 24.6 Å². The molecule has 0 fully saturated rings. The lowest BCUT2D eigenvalue weighted by Gasteiger charge is -2.30. The third-order valence-corrected chi connectivity index (χ3v) is 7.62. The van der Waals surface area contributed by atoms with E-state index in [4.69, 9.17) is 21.1 Å². The predicted octanol–water partition coefficient (Wildman–Crippen LogP) is 4.53. The zero-order chi connectivity index (χ0) is 24.3. The van der Waals surface area contributed by atoms with Crippen molar-refractivity contribution < 1.29 is 27.5 Å². The Labute approximate surface area is 202 Å². The van der Waals surface area contributed by atoms with Crippen molar-refractivity contribution >= 4 is 39.1 Å². The van der Waals surface area contributed by atoms with Crippen molar-refractivity contribution in [2.45, 2.75) is 17.7 Å². The summed E-state index contributed by atoms with van der Waals surface area (Å²) in [5, 5.41) is 0.483. The molecule has 3 aromatic carbocycles. The molecule has 0 aliphatic carbocycles. The molecule has 0 saturated heterocycles. The van der Waals surface area contributed by atoms with Crippen molar-refractivity contribution in [2.24, 2.45) is 0 Å². The standard InChI is InChI=1S/C25H22ClNO6S/c1-32-23-13-10-19(25(29)33-16-22(28)18-8-11-20(26)12-9-18)15-24(23)34(30,31)27-14-4-6-17-5-2-3-7-21(17)27/h2-3,5,7-13,15H,4,6,14,16H2,1H3. The first kappa shape index (κ1) is 23.8. The molecule has 0 aromatic heterocycles. The van der Waals surface area contributed by atoms with Crippen LogP contribution in [0.25, 0.3) is 0 Å². The summed E-state index contributed by atoms with van der Waals surface area (Å²) in [4.78, 5) is 24.8. The number of carbonyl (C=O) groups is 2. The number of hydrogen-bond donors (Lipinski definition) is 0. The zero-order valence-corrected chi connectivity index (χ0v) is 19.9. The number of rotatable bonds is 7. The molecule has 1 heterocycles. The summed E-state index contributed by atoms with van der Waals surface area (Å²) in [6.07, 6.45) is 1.46. The van der Waals surface area contributed by atoms with Crippen molar-refractivity contribution in [3.63, 3.8) is 0 Å². The van der Waals surface area contributed by atoms with E-state index in [1.165, 1.54) is 41.7 Å². The van der Waals surface area contributed by atoms with E-state index in [9.17, 15) is 18.0 Å². The van der Waals surface area contributed by atoms with Gasteiger partial charge in [-0.1, -0.05) is 29.8 Å². The van der Waals surface area contributed by atoms with Gasteiger partial charge in [-0.15, -0.1) is 0 Å². The molecule has 0 amide bonds. The van der Waals surface area contributed by atoms with Gasteiger partial charge in [-0.25, -0.2) is 13.2 Å². The van der Waals surface area contributed by atoms with E-state index in [1.54, 1.807) is 24.3 Å². The number of esters is 1. The molecule has 7 nitrogen and oxygen atoms in total. The molecule has 1 aliphatic heterocycles. The Hall–Kier alpha value is -3.36. The number of fused-ring (bicyclic) bond motifs is 1. The molecule has 0 bridgehead atoms. The normalized spacial score (nSPS) is 13.2. The quantitative estimate of drug-likeness (QED) is 0.350. The molecule has 0 N–H and O–H groups in total. The molecule has 0 radical (unpaired) electrons. The Morgan fingerprint density at radius 2 is 1.71 bits per heavy atom. The smallest absolute Gasteiger partial charge is 0.338 e. The summed E-state index contributed by atoms with van der Waals surface area (Å²) in [5.74, 6) is -1.12. The fourth-order valence-corrected chi connectivity index (χ4v) is 5.66. The number of para-hydroxylation sites is 1. The van der Waals surface area contributed by atoms with Crippen LogP contribution in [-0.2, 0) is 21.2 Å². The largest absolute Gasteiger partial charge is 0.495 e. The Morgan fingerprint density at radius 3 is 2.44 bits per heavy atom. The highest BCUT2D eigenvalue weighted by molar-refractivity contribution is 7.93. The van der Waals surface area contributed by atoms with Gasteiger partial charge >= 0.3 is 5.97 Å². The minimum absolute atomic E-state index is 0.00595. The number of anilines is 1. The molecular weight excluding hydrogens is 478 g/mol. The van der Waals surface area contributed by atoms with Gasteiger partial charge in [0.2, 0.25) is 0 Å². The van der Waals surface area contributed by atoms with Crippen LogP contribution in [0.1, 0.15) is 32.7 Å². The number of sulfonamides is 1. The second-order valence-corrected chi connectivity index (χ2v) is 9.95. The van der Waals surface area contributed by atoms with Gasteiger partial charge in [0.15, 0.2) is 12.4 Å². The molecule has 0 atom stereocenters. The second-order valence-electron chi connectivity index (χ2n) is 7.68. The fourth-order valence-electron chi connectivity index (χ4n) is 3.81. The Balaban J connectivity index is 1.59. The van der Waals surface area contributed by atoms with E-state index in [1.807, 2.05) is 12.1 Å². The predicted molar refractivity (Wildman–Crippen MR) is 128 cm³/mol. The first-order valence-corrected chi connectivity index (χ1v) is 12.4. The molecule has 4 rings (SSSR count). The van der Waals surface area contributed by atoms with Gasteiger partial charge in [-0.05, 0) is 66.9 Å².